The van der Waals surface area contributed by atoms with Gasteiger partial charge in [0.2, 0.25) is 0 Å². The second kappa shape index (κ2) is 7.58. The standard InChI is InChI=1S/C22H14Cl2O4/c23-17-8-6-13(10-18(17)24)12-27-15-7-9-19-16(11-15)20(22(25)26)21(28-19)14-4-2-1-3-5-14/h1-11H,12H2,(H,25,26). The molecule has 0 amide bonds. The molecule has 1 heterocycles. The third-order valence-corrected chi connectivity index (χ3v) is 5.04. The highest BCUT2D eigenvalue weighted by molar-refractivity contribution is 6.42. The van der Waals surface area contributed by atoms with Gasteiger partial charge in [0.15, 0.2) is 0 Å². The number of carboxylic acid groups (broad SMARTS) is 1. The van der Waals surface area contributed by atoms with Gasteiger partial charge in [-0.25, -0.2) is 4.79 Å². The lowest BCUT2D eigenvalue weighted by Gasteiger charge is -2.07. The van der Waals surface area contributed by atoms with Gasteiger partial charge in [0.25, 0.3) is 0 Å². The molecule has 4 aromatic rings. The Kier molecular flexibility index (Phi) is 4.99. The Hall–Kier alpha value is -2.95. The summed E-state index contributed by atoms with van der Waals surface area (Å²) in [5.41, 5.74) is 2.15. The molecular formula is C22H14Cl2O4. The molecular weight excluding hydrogens is 399 g/mol. The summed E-state index contributed by atoms with van der Waals surface area (Å²) in [4.78, 5) is 11.9. The molecule has 0 atom stereocenters. The number of rotatable bonds is 5. The number of furan rings is 1. The molecule has 0 aliphatic heterocycles. The molecule has 140 valence electrons. The van der Waals surface area contributed by atoms with Gasteiger partial charge in [-0.05, 0) is 35.9 Å². The SMILES string of the molecule is O=C(O)c1c(-c2ccccc2)oc2ccc(OCc3ccc(Cl)c(Cl)c3)cc12. The van der Waals surface area contributed by atoms with Crippen molar-refractivity contribution in [1.82, 2.24) is 0 Å². The van der Waals surface area contributed by atoms with Crippen LogP contribution in [0.1, 0.15) is 15.9 Å². The third kappa shape index (κ3) is 3.57. The van der Waals surface area contributed by atoms with Crippen LogP contribution in [0, 0.1) is 0 Å². The molecule has 0 radical (unpaired) electrons. The van der Waals surface area contributed by atoms with Gasteiger partial charge in [-0.3, -0.25) is 0 Å². The lowest BCUT2D eigenvalue weighted by molar-refractivity contribution is 0.0699. The van der Waals surface area contributed by atoms with E-state index in [1.54, 1.807) is 30.3 Å². The molecule has 0 spiro atoms. The second-order valence-electron chi connectivity index (χ2n) is 6.17. The Balaban J connectivity index is 1.69. The smallest absolute Gasteiger partial charge is 0.340 e. The van der Waals surface area contributed by atoms with Crippen molar-refractivity contribution in [3.8, 4) is 17.1 Å². The fourth-order valence-corrected chi connectivity index (χ4v) is 3.29. The largest absolute Gasteiger partial charge is 0.489 e. The van der Waals surface area contributed by atoms with Crippen LogP contribution in [-0.4, -0.2) is 11.1 Å². The van der Waals surface area contributed by atoms with Gasteiger partial charge in [-0.2, -0.15) is 0 Å². The van der Waals surface area contributed by atoms with E-state index < -0.39 is 5.97 Å². The van der Waals surface area contributed by atoms with E-state index in [4.69, 9.17) is 32.4 Å². The quantitative estimate of drug-likeness (QED) is 0.396. The minimum absolute atomic E-state index is 0.112. The van der Waals surface area contributed by atoms with Crippen LogP contribution >= 0.6 is 23.2 Å². The van der Waals surface area contributed by atoms with Crippen LogP contribution in [0.2, 0.25) is 10.0 Å². The molecule has 0 aliphatic rings. The molecule has 28 heavy (non-hydrogen) atoms. The Morgan fingerprint density at radius 2 is 1.75 bits per heavy atom. The van der Waals surface area contributed by atoms with Crippen molar-refractivity contribution < 1.29 is 19.1 Å². The van der Waals surface area contributed by atoms with Crippen molar-refractivity contribution >= 4 is 40.1 Å². The summed E-state index contributed by atoms with van der Waals surface area (Å²) in [6.45, 7) is 0.272. The van der Waals surface area contributed by atoms with Crippen molar-refractivity contribution in [1.29, 1.82) is 0 Å². The van der Waals surface area contributed by atoms with E-state index in [0.717, 1.165) is 5.56 Å². The third-order valence-electron chi connectivity index (χ3n) is 4.30. The summed E-state index contributed by atoms with van der Waals surface area (Å²) in [5, 5.41) is 11.2. The monoisotopic (exact) mass is 412 g/mol. The van der Waals surface area contributed by atoms with E-state index >= 15 is 0 Å². The van der Waals surface area contributed by atoms with Gasteiger partial charge in [0, 0.05) is 10.9 Å². The predicted molar refractivity (Wildman–Crippen MR) is 109 cm³/mol. The highest BCUT2D eigenvalue weighted by Crippen LogP contribution is 2.35. The summed E-state index contributed by atoms with van der Waals surface area (Å²) >= 11 is 11.9. The van der Waals surface area contributed by atoms with Crippen LogP contribution in [0.4, 0.5) is 0 Å². The zero-order valence-electron chi connectivity index (χ0n) is 14.5. The number of ether oxygens (including phenoxy) is 1. The first kappa shape index (κ1) is 18.4. The number of carbonyl (C=O) groups is 1. The van der Waals surface area contributed by atoms with Gasteiger partial charge in [-0.15, -0.1) is 0 Å². The normalized spacial score (nSPS) is 10.9. The van der Waals surface area contributed by atoms with Crippen molar-refractivity contribution in [2.75, 3.05) is 0 Å². The summed E-state index contributed by atoms with van der Waals surface area (Å²) < 4.78 is 11.6. The Bertz CT molecular complexity index is 1170. The lowest BCUT2D eigenvalue weighted by atomic mass is 10.1. The highest BCUT2D eigenvalue weighted by atomic mass is 35.5. The Morgan fingerprint density at radius 1 is 0.964 bits per heavy atom. The van der Waals surface area contributed by atoms with E-state index in [9.17, 15) is 9.90 Å². The van der Waals surface area contributed by atoms with Crippen LogP contribution in [0.3, 0.4) is 0 Å². The molecule has 0 fully saturated rings. The minimum atomic E-state index is -1.06. The zero-order chi connectivity index (χ0) is 19.7. The second-order valence-corrected chi connectivity index (χ2v) is 6.99. The molecule has 1 aromatic heterocycles. The molecule has 0 saturated heterocycles. The first-order valence-electron chi connectivity index (χ1n) is 8.45. The fourth-order valence-electron chi connectivity index (χ4n) is 2.97. The maximum absolute atomic E-state index is 11.9. The molecule has 1 N–H and O–H groups in total. The van der Waals surface area contributed by atoms with Crippen molar-refractivity contribution in [2.24, 2.45) is 0 Å². The molecule has 0 bridgehead atoms. The highest BCUT2D eigenvalue weighted by Gasteiger charge is 2.22. The van der Waals surface area contributed by atoms with Gasteiger partial charge >= 0.3 is 5.97 Å². The number of benzene rings is 3. The number of aromatic carboxylic acids is 1. The average Bonchev–Trinajstić information content (AvgIpc) is 3.08. The molecule has 4 nitrogen and oxygen atoms in total. The van der Waals surface area contributed by atoms with Crippen molar-refractivity contribution in [2.45, 2.75) is 6.61 Å². The molecule has 0 unspecified atom stereocenters. The van der Waals surface area contributed by atoms with Crippen LogP contribution < -0.4 is 4.74 Å². The summed E-state index contributed by atoms with van der Waals surface area (Å²) in [7, 11) is 0. The van der Waals surface area contributed by atoms with E-state index in [0.29, 0.717) is 38.1 Å². The first-order chi connectivity index (χ1) is 13.5. The van der Waals surface area contributed by atoms with E-state index in [2.05, 4.69) is 0 Å². The Labute approximate surface area is 170 Å². The minimum Gasteiger partial charge on any atom is -0.489 e. The lowest BCUT2D eigenvalue weighted by Crippen LogP contribution is -1.98. The summed E-state index contributed by atoms with van der Waals surface area (Å²) in [6.07, 6.45) is 0. The van der Waals surface area contributed by atoms with Gasteiger partial charge in [-0.1, -0.05) is 59.6 Å². The molecule has 3 aromatic carbocycles. The number of fused-ring (bicyclic) bond motifs is 1. The van der Waals surface area contributed by atoms with Gasteiger partial charge in [0.1, 0.15) is 29.3 Å². The maximum atomic E-state index is 11.9. The maximum Gasteiger partial charge on any atom is 0.340 e. The predicted octanol–water partition coefficient (Wildman–Crippen LogP) is 6.68. The van der Waals surface area contributed by atoms with Crippen LogP contribution in [0.25, 0.3) is 22.3 Å². The number of hydrogen-bond donors (Lipinski definition) is 1. The zero-order valence-corrected chi connectivity index (χ0v) is 16.0. The number of carboxylic acids is 1. The van der Waals surface area contributed by atoms with E-state index in [1.165, 1.54) is 0 Å². The van der Waals surface area contributed by atoms with Crippen LogP contribution in [0.15, 0.2) is 71.1 Å². The Morgan fingerprint density at radius 3 is 2.46 bits per heavy atom. The average molecular weight is 413 g/mol. The molecule has 0 aliphatic carbocycles. The van der Waals surface area contributed by atoms with Crippen LogP contribution in [-0.2, 0) is 6.61 Å². The van der Waals surface area contributed by atoms with E-state index in [-0.39, 0.29) is 12.2 Å². The molecule has 0 saturated carbocycles. The number of halogens is 2. The van der Waals surface area contributed by atoms with Crippen molar-refractivity contribution in [3.05, 3.63) is 87.9 Å². The molecule has 6 heteroatoms. The fraction of sp³-hybridized carbons (Fsp3) is 0.0455. The van der Waals surface area contributed by atoms with Crippen LogP contribution in [0.5, 0.6) is 5.75 Å². The molecule has 4 rings (SSSR count). The van der Waals surface area contributed by atoms with E-state index in [1.807, 2.05) is 36.4 Å². The van der Waals surface area contributed by atoms with Gasteiger partial charge < -0.3 is 14.3 Å². The topological polar surface area (TPSA) is 59.7 Å². The van der Waals surface area contributed by atoms with Gasteiger partial charge in [0.05, 0.1) is 10.0 Å². The summed E-state index contributed by atoms with van der Waals surface area (Å²) in [5.74, 6) is -0.203. The van der Waals surface area contributed by atoms with Crippen molar-refractivity contribution in [3.63, 3.8) is 0 Å². The number of hydrogen-bond acceptors (Lipinski definition) is 3. The first-order valence-corrected chi connectivity index (χ1v) is 9.20. The summed E-state index contributed by atoms with van der Waals surface area (Å²) in [6, 6.07) is 19.5.